The average molecular weight is 505 g/mol. The number of thioether (sulfide) groups is 1. The molecule has 158 valence electrons. The molecule has 0 amide bonds. The van der Waals surface area contributed by atoms with Crippen molar-refractivity contribution < 1.29 is 4.74 Å². The van der Waals surface area contributed by atoms with Crippen LogP contribution in [0.3, 0.4) is 0 Å². The smallest absolute Gasteiger partial charge is 0.142 e. The van der Waals surface area contributed by atoms with E-state index in [4.69, 9.17) is 14.7 Å². The Kier molecular flexibility index (Phi) is 6.06. The van der Waals surface area contributed by atoms with Crippen molar-refractivity contribution in [1.82, 2.24) is 9.97 Å². The highest BCUT2D eigenvalue weighted by atomic mass is 79.9. The van der Waals surface area contributed by atoms with Gasteiger partial charge in [0.15, 0.2) is 0 Å². The lowest BCUT2D eigenvalue weighted by Crippen LogP contribution is -2.46. The SMILES string of the molecule is C[C@@H]1CN(c2nc(CSc3ccc(Br)cc3)nc3sc4c(c23)CCCC4)C[C@H](C)O1. The molecule has 3 aromatic rings. The maximum atomic E-state index is 6.00. The maximum absolute atomic E-state index is 6.00. The van der Waals surface area contributed by atoms with Gasteiger partial charge in [0.25, 0.3) is 0 Å². The van der Waals surface area contributed by atoms with Crippen LogP contribution in [0.15, 0.2) is 33.6 Å². The summed E-state index contributed by atoms with van der Waals surface area (Å²) in [4.78, 5) is 16.5. The second kappa shape index (κ2) is 8.77. The van der Waals surface area contributed by atoms with E-state index in [9.17, 15) is 0 Å². The predicted molar refractivity (Wildman–Crippen MR) is 130 cm³/mol. The zero-order chi connectivity index (χ0) is 20.7. The lowest BCUT2D eigenvalue weighted by Gasteiger charge is -2.36. The number of anilines is 1. The third-order valence-corrected chi connectivity index (χ3v) is 8.46. The zero-order valence-corrected chi connectivity index (χ0v) is 20.6. The predicted octanol–water partition coefficient (Wildman–Crippen LogP) is 6.24. The standard InChI is InChI=1S/C23H26BrN3OS2/c1-14-11-27(12-15(2)28-14)22-21-18-5-3-4-6-19(18)30-23(21)26-20(25-22)13-29-17-9-7-16(24)8-10-17/h7-10,14-15H,3-6,11-13H2,1-2H3/t14-,15+. The highest BCUT2D eigenvalue weighted by Crippen LogP contribution is 2.40. The summed E-state index contributed by atoms with van der Waals surface area (Å²) >= 11 is 7.20. The molecule has 1 aromatic carbocycles. The van der Waals surface area contributed by atoms with Crippen LogP contribution in [0.4, 0.5) is 5.82 Å². The van der Waals surface area contributed by atoms with Crippen LogP contribution in [-0.2, 0) is 23.3 Å². The lowest BCUT2D eigenvalue weighted by molar-refractivity contribution is -0.00538. The fraction of sp³-hybridized carbons (Fsp3) is 0.478. The molecule has 0 radical (unpaired) electrons. The summed E-state index contributed by atoms with van der Waals surface area (Å²) in [5.41, 5.74) is 1.51. The quantitative estimate of drug-likeness (QED) is 0.394. The number of aromatic nitrogens is 2. The highest BCUT2D eigenvalue weighted by Gasteiger charge is 2.28. The first-order valence-electron chi connectivity index (χ1n) is 10.7. The third kappa shape index (κ3) is 4.27. The van der Waals surface area contributed by atoms with Gasteiger partial charge in [0.1, 0.15) is 16.5 Å². The highest BCUT2D eigenvalue weighted by molar-refractivity contribution is 9.10. The number of ether oxygens (including phenoxy) is 1. The van der Waals surface area contributed by atoms with Gasteiger partial charge in [-0.3, -0.25) is 0 Å². The molecular formula is C23H26BrN3OS2. The van der Waals surface area contributed by atoms with Crippen molar-refractivity contribution in [3.63, 3.8) is 0 Å². The monoisotopic (exact) mass is 503 g/mol. The van der Waals surface area contributed by atoms with Gasteiger partial charge in [0, 0.05) is 27.3 Å². The first-order chi connectivity index (χ1) is 14.6. The lowest BCUT2D eigenvalue weighted by atomic mass is 9.96. The minimum absolute atomic E-state index is 0.216. The molecule has 7 heteroatoms. The summed E-state index contributed by atoms with van der Waals surface area (Å²) in [7, 11) is 0. The van der Waals surface area contributed by atoms with E-state index in [-0.39, 0.29) is 12.2 Å². The number of benzene rings is 1. The van der Waals surface area contributed by atoms with Crippen molar-refractivity contribution in [2.45, 2.75) is 62.4 Å². The average Bonchev–Trinajstić information content (AvgIpc) is 3.10. The van der Waals surface area contributed by atoms with Crippen molar-refractivity contribution in [2.24, 2.45) is 0 Å². The fourth-order valence-electron chi connectivity index (χ4n) is 4.50. The Morgan fingerprint density at radius 2 is 1.83 bits per heavy atom. The number of fused-ring (bicyclic) bond motifs is 3. The van der Waals surface area contributed by atoms with Crippen molar-refractivity contribution in [3.8, 4) is 0 Å². The van der Waals surface area contributed by atoms with Crippen LogP contribution in [0.1, 0.15) is 43.0 Å². The second-order valence-corrected chi connectivity index (χ2v) is 11.3. The van der Waals surface area contributed by atoms with Crippen LogP contribution in [0.2, 0.25) is 0 Å². The number of morpholine rings is 1. The molecule has 2 atom stereocenters. The molecule has 1 fully saturated rings. The van der Waals surface area contributed by atoms with Gasteiger partial charge in [0.05, 0.1) is 23.3 Å². The summed E-state index contributed by atoms with van der Waals surface area (Å²) in [5, 5.41) is 1.31. The molecule has 0 N–H and O–H groups in total. The van der Waals surface area contributed by atoms with E-state index in [1.165, 1.54) is 44.8 Å². The second-order valence-electron chi connectivity index (χ2n) is 8.26. The number of hydrogen-bond acceptors (Lipinski definition) is 6. The van der Waals surface area contributed by atoms with Gasteiger partial charge >= 0.3 is 0 Å². The molecule has 1 aliphatic carbocycles. The summed E-state index contributed by atoms with van der Waals surface area (Å²) in [6.07, 6.45) is 5.35. The Morgan fingerprint density at radius 3 is 2.60 bits per heavy atom. The maximum Gasteiger partial charge on any atom is 0.142 e. The molecule has 2 aromatic heterocycles. The van der Waals surface area contributed by atoms with Crippen molar-refractivity contribution >= 4 is 55.1 Å². The van der Waals surface area contributed by atoms with Gasteiger partial charge in [-0.15, -0.1) is 23.1 Å². The number of aryl methyl sites for hydroxylation is 2. The Hall–Kier alpha value is -1.15. The molecule has 1 saturated heterocycles. The van der Waals surface area contributed by atoms with E-state index in [2.05, 4.69) is 58.9 Å². The summed E-state index contributed by atoms with van der Waals surface area (Å²) in [6.45, 7) is 6.10. The normalized spacial score (nSPS) is 21.8. The fourth-order valence-corrected chi connectivity index (χ4v) is 6.80. The van der Waals surface area contributed by atoms with Crippen LogP contribution in [-0.4, -0.2) is 35.3 Å². The Balaban J connectivity index is 1.53. The molecular weight excluding hydrogens is 478 g/mol. The molecule has 0 unspecified atom stereocenters. The first-order valence-corrected chi connectivity index (χ1v) is 13.3. The van der Waals surface area contributed by atoms with Crippen LogP contribution in [0.25, 0.3) is 10.2 Å². The molecule has 2 aliphatic rings. The van der Waals surface area contributed by atoms with Crippen molar-refractivity contribution in [2.75, 3.05) is 18.0 Å². The van der Waals surface area contributed by atoms with Crippen LogP contribution in [0.5, 0.6) is 0 Å². The van der Waals surface area contributed by atoms with Gasteiger partial charge in [-0.1, -0.05) is 15.9 Å². The number of halogens is 1. The van der Waals surface area contributed by atoms with Gasteiger partial charge in [-0.2, -0.15) is 0 Å². The molecule has 0 bridgehead atoms. The zero-order valence-electron chi connectivity index (χ0n) is 17.4. The number of rotatable bonds is 4. The minimum Gasteiger partial charge on any atom is -0.372 e. The summed E-state index contributed by atoms with van der Waals surface area (Å²) in [5.74, 6) is 2.84. The van der Waals surface area contributed by atoms with Gasteiger partial charge < -0.3 is 9.64 Å². The van der Waals surface area contributed by atoms with E-state index >= 15 is 0 Å². The minimum atomic E-state index is 0.216. The molecule has 3 heterocycles. The molecule has 0 saturated carbocycles. The summed E-state index contributed by atoms with van der Waals surface area (Å²) < 4.78 is 7.10. The van der Waals surface area contributed by atoms with Crippen LogP contribution >= 0.6 is 39.0 Å². The summed E-state index contributed by atoms with van der Waals surface area (Å²) in [6, 6.07) is 8.45. The van der Waals surface area contributed by atoms with Crippen molar-refractivity contribution in [1.29, 1.82) is 0 Å². The van der Waals surface area contributed by atoms with Crippen molar-refractivity contribution in [3.05, 3.63) is 45.0 Å². The first kappa shape index (κ1) is 20.7. The molecule has 4 nitrogen and oxygen atoms in total. The van der Waals surface area contributed by atoms with Gasteiger partial charge in [0.2, 0.25) is 0 Å². The largest absolute Gasteiger partial charge is 0.372 e. The molecule has 0 spiro atoms. The Morgan fingerprint density at radius 1 is 1.10 bits per heavy atom. The topological polar surface area (TPSA) is 38.2 Å². The van der Waals surface area contributed by atoms with Gasteiger partial charge in [-0.05, 0) is 69.4 Å². The van der Waals surface area contributed by atoms with E-state index in [0.29, 0.717) is 0 Å². The number of nitrogens with zero attached hydrogens (tertiary/aromatic N) is 3. The third-order valence-electron chi connectivity index (χ3n) is 5.74. The van der Waals surface area contributed by atoms with E-state index in [0.717, 1.165) is 41.4 Å². The Bertz CT molecular complexity index is 1040. The van der Waals surface area contributed by atoms with Crippen LogP contribution < -0.4 is 4.90 Å². The van der Waals surface area contributed by atoms with E-state index in [1.807, 2.05) is 11.3 Å². The molecule has 1 aliphatic heterocycles. The molecule has 5 rings (SSSR count). The molecule has 30 heavy (non-hydrogen) atoms. The van der Waals surface area contributed by atoms with E-state index in [1.54, 1.807) is 11.8 Å². The Labute approximate surface area is 194 Å². The number of hydrogen-bond donors (Lipinski definition) is 0. The van der Waals surface area contributed by atoms with Gasteiger partial charge in [-0.25, -0.2) is 9.97 Å². The van der Waals surface area contributed by atoms with E-state index < -0.39 is 0 Å². The number of thiophene rings is 1. The van der Waals surface area contributed by atoms with Crippen LogP contribution in [0, 0.1) is 0 Å².